The lowest BCUT2D eigenvalue weighted by atomic mass is 10.2. The van der Waals surface area contributed by atoms with Crippen molar-refractivity contribution in [3.05, 3.63) is 18.3 Å². The van der Waals surface area contributed by atoms with Crippen LogP contribution in [0.3, 0.4) is 0 Å². The van der Waals surface area contributed by atoms with Crippen LogP contribution in [0.5, 0.6) is 0 Å². The van der Waals surface area contributed by atoms with Gasteiger partial charge in [0.2, 0.25) is 0 Å². The highest BCUT2D eigenvalue weighted by atomic mass is 32.1. The third-order valence-corrected chi connectivity index (χ3v) is 3.16. The van der Waals surface area contributed by atoms with Crippen LogP contribution in [-0.2, 0) is 13.5 Å². The molecule has 0 spiro atoms. The molecule has 7 nitrogen and oxygen atoms in total. The molecular weight excluding hydrogens is 252 g/mol. The lowest BCUT2D eigenvalue weighted by molar-refractivity contribution is 0.420. The fourth-order valence-corrected chi connectivity index (χ4v) is 1.78. The molecule has 2 aromatic heterocycles. The maximum absolute atomic E-state index is 5.35. The highest BCUT2D eigenvalue weighted by Crippen LogP contribution is 2.13. The Hall–Kier alpha value is -1.83. The Morgan fingerprint density at radius 2 is 2.39 bits per heavy atom. The molecule has 2 aromatic rings. The van der Waals surface area contributed by atoms with Gasteiger partial charge in [0.1, 0.15) is 12.0 Å². The Morgan fingerprint density at radius 3 is 3.00 bits per heavy atom. The molecule has 0 saturated carbocycles. The molecule has 0 unspecified atom stereocenters. The summed E-state index contributed by atoms with van der Waals surface area (Å²) in [6.07, 6.45) is 5.71. The van der Waals surface area contributed by atoms with Crippen molar-refractivity contribution in [3.8, 4) is 0 Å². The number of aromatic nitrogens is 5. The summed E-state index contributed by atoms with van der Waals surface area (Å²) < 4.78 is 6.46. The van der Waals surface area contributed by atoms with Gasteiger partial charge in [0.05, 0.1) is 11.2 Å². The van der Waals surface area contributed by atoms with Gasteiger partial charge in [-0.3, -0.25) is 0 Å². The predicted octanol–water partition coefficient (Wildman–Crippen LogP) is 0.985. The molecule has 0 atom stereocenters. The number of hydrogen-bond acceptors (Lipinski definition) is 6. The molecule has 2 rings (SSSR count). The van der Waals surface area contributed by atoms with Crippen LogP contribution in [0.4, 0.5) is 5.69 Å². The van der Waals surface area contributed by atoms with E-state index in [1.54, 1.807) is 17.1 Å². The number of tetrazole rings is 1. The lowest BCUT2D eigenvalue weighted by Crippen LogP contribution is -2.23. The van der Waals surface area contributed by atoms with Crippen LogP contribution in [0.25, 0.3) is 0 Å². The van der Waals surface area contributed by atoms with Crippen molar-refractivity contribution in [2.45, 2.75) is 19.3 Å². The van der Waals surface area contributed by atoms with Crippen molar-refractivity contribution in [2.75, 3.05) is 11.9 Å². The molecule has 18 heavy (non-hydrogen) atoms. The monoisotopic (exact) mass is 266 g/mol. The second-order valence-electron chi connectivity index (χ2n) is 3.91. The summed E-state index contributed by atoms with van der Waals surface area (Å²) in [4.78, 5) is 2.73. The molecule has 0 aliphatic carbocycles. The number of aryl methyl sites for hydroxylation is 2. The fourth-order valence-electron chi connectivity index (χ4n) is 1.53. The van der Waals surface area contributed by atoms with Crippen LogP contribution in [0.2, 0.25) is 0 Å². The van der Waals surface area contributed by atoms with E-state index in [0.717, 1.165) is 35.8 Å². The summed E-state index contributed by atoms with van der Waals surface area (Å²) in [6.45, 7) is 0. The molecule has 0 aliphatic heterocycles. The SMILES string of the molecule is CN(C(=S)CCCc1nnnn1C)c1cnoc1. The minimum absolute atomic E-state index is 0.796. The molecule has 0 fully saturated rings. The number of hydrogen-bond donors (Lipinski definition) is 0. The Bertz CT molecular complexity index is 508. The Morgan fingerprint density at radius 1 is 1.56 bits per heavy atom. The number of anilines is 1. The van der Waals surface area contributed by atoms with E-state index in [-0.39, 0.29) is 0 Å². The summed E-state index contributed by atoms with van der Waals surface area (Å²) in [5, 5.41) is 15.0. The summed E-state index contributed by atoms with van der Waals surface area (Å²) in [5.74, 6) is 0.866. The van der Waals surface area contributed by atoms with E-state index in [1.165, 1.54) is 0 Å². The Labute approximate surface area is 110 Å². The minimum atomic E-state index is 0.796. The normalized spacial score (nSPS) is 10.6. The molecule has 2 heterocycles. The maximum Gasteiger partial charge on any atom is 0.150 e. The van der Waals surface area contributed by atoms with Crippen molar-refractivity contribution in [3.63, 3.8) is 0 Å². The second kappa shape index (κ2) is 5.67. The van der Waals surface area contributed by atoms with Crippen molar-refractivity contribution in [1.82, 2.24) is 25.4 Å². The van der Waals surface area contributed by atoms with E-state index in [2.05, 4.69) is 20.7 Å². The Kier molecular flexibility index (Phi) is 3.98. The van der Waals surface area contributed by atoms with Crippen molar-refractivity contribution in [1.29, 1.82) is 0 Å². The first-order valence-corrected chi connectivity index (χ1v) is 5.96. The van der Waals surface area contributed by atoms with E-state index in [9.17, 15) is 0 Å². The standard InChI is InChI=1S/C10H14N6OS/c1-15(8-6-11-17-7-8)10(18)5-3-4-9-12-13-14-16(9)2/h6-7H,3-5H2,1-2H3. The van der Waals surface area contributed by atoms with Gasteiger partial charge in [-0.2, -0.15) is 0 Å². The molecule has 0 N–H and O–H groups in total. The molecule has 0 bridgehead atoms. The predicted molar refractivity (Wildman–Crippen MR) is 69.2 cm³/mol. The summed E-state index contributed by atoms with van der Waals surface area (Å²) in [5.41, 5.74) is 0.861. The van der Waals surface area contributed by atoms with Gasteiger partial charge in [-0.05, 0) is 23.3 Å². The molecule has 0 aliphatic rings. The molecule has 0 saturated heterocycles. The van der Waals surface area contributed by atoms with Gasteiger partial charge in [-0.25, -0.2) is 4.68 Å². The van der Waals surface area contributed by atoms with Crippen LogP contribution in [0, 0.1) is 0 Å². The van der Waals surface area contributed by atoms with E-state index < -0.39 is 0 Å². The number of nitrogens with zero attached hydrogens (tertiary/aromatic N) is 6. The molecule has 8 heteroatoms. The smallest absolute Gasteiger partial charge is 0.150 e. The second-order valence-corrected chi connectivity index (χ2v) is 4.38. The largest absolute Gasteiger partial charge is 0.363 e. The first-order chi connectivity index (χ1) is 8.68. The molecular formula is C10H14N6OS. The Balaban J connectivity index is 1.80. The highest BCUT2D eigenvalue weighted by Gasteiger charge is 2.09. The highest BCUT2D eigenvalue weighted by molar-refractivity contribution is 7.80. The summed E-state index contributed by atoms with van der Waals surface area (Å²) >= 11 is 5.35. The average molecular weight is 266 g/mol. The van der Waals surface area contributed by atoms with E-state index in [0.29, 0.717) is 0 Å². The van der Waals surface area contributed by atoms with Gasteiger partial charge >= 0.3 is 0 Å². The average Bonchev–Trinajstić information content (AvgIpc) is 3.00. The van der Waals surface area contributed by atoms with Gasteiger partial charge in [0, 0.05) is 20.5 Å². The molecule has 0 amide bonds. The van der Waals surface area contributed by atoms with Crippen molar-refractivity contribution in [2.24, 2.45) is 7.05 Å². The van der Waals surface area contributed by atoms with Crippen LogP contribution in [0.1, 0.15) is 18.7 Å². The minimum Gasteiger partial charge on any atom is -0.363 e. The lowest BCUT2D eigenvalue weighted by Gasteiger charge is -2.16. The first kappa shape index (κ1) is 12.6. The number of thiocarbonyl (C=S) groups is 1. The van der Waals surface area contributed by atoms with Gasteiger partial charge in [-0.15, -0.1) is 5.10 Å². The third-order valence-electron chi connectivity index (χ3n) is 2.68. The first-order valence-electron chi connectivity index (χ1n) is 5.55. The quantitative estimate of drug-likeness (QED) is 0.747. The summed E-state index contributed by atoms with van der Waals surface area (Å²) in [7, 11) is 3.73. The molecule has 0 radical (unpaired) electrons. The van der Waals surface area contributed by atoms with Crippen LogP contribution in [-0.4, -0.2) is 37.4 Å². The zero-order valence-electron chi connectivity index (χ0n) is 10.3. The zero-order valence-corrected chi connectivity index (χ0v) is 11.1. The van der Waals surface area contributed by atoms with Gasteiger partial charge in [-0.1, -0.05) is 17.4 Å². The summed E-state index contributed by atoms with van der Waals surface area (Å²) in [6, 6.07) is 0. The van der Waals surface area contributed by atoms with Crippen LogP contribution in [0.15, 0.2) is 17.0 Å². The number of rotatable bonds is 5. The van der Waals surface area contributed by atoms with E-state index in [4.69, 9.17) is 16.7 Å². The van der Waals surface area contributed by atoms with Crippen LogP contribution < -0.4 is 4.90 Å². The van der Waals surface area contributed by atoms with Gasteiger partial charge in [0.25, 0.3) is 0 Å². The van der Waals surface area contributed by atoms with E-state index >= 15 is 0 Å². The van der Waals surface area contributed by atoms with Gasteiger partial charge in [0.15, 0.2) is 5.82 Å². The van der Waals surface area contributed by atoms with Gasteiger partial charge < -0.3 is 9.42 Å². The molecule has 96 valence electrons. The topological polar surface area (TPSA) is 72.9 Å². The van der Waals surface area contributed by atoms with Crippen molar-refractivity contribution < 1.29 is 4.52 Å². The van der Waals surface area contributed by atoms with Crippen molar-refractivity contribution >= 4 is 22.9 Å². The van der Waals surface area contributed by atoms with E-state index in [1.807, 2.05) is 19.0 Å². The van der Waals surface area contributed by atoms with Crippen LogP contribution >= 0.6 is 12.2 Å². The zero-order chi connectivity index (χ0) is 13.0. The molecule has 0 aromatic carbocycles. The third kappa shape index (κ3) is 2.89. The maximum atomic E-state index is 5.35. The fraction of sp³-hybridized carbons (Fsp3) is 0.500.